The van der Waals surface area contributed by atoms with Gasteiger partial charge in [0.25, 0.3) is 11.8 Å². The number of carbonyl (C=O) groups excluding carboxylic acids is 3. The van der Waals surface area contributed by atoms with Crippen LogP contribution in [0.1, 0.15) is 27.1 Å². The number of amides is 4. The van der Waals surface area contributed by atoms with Gasteiger partial charge >= 0.3 is 6.03 Å². The molecule has 0 unspecified atom stereocenters. The Morgan fingerprint density at radius 2 is 1.85 bits per heavy atom. The molecule has 0 saturated heterocycles. The zero-order chi connectivity index (χ0) is 19.1. The molecule has 2 rings (SSSR count). The number of fused-ring (bicyclic) bond motifs is 1. The van der Waals surface area contributed by atoms with Crippen molar-refractivity contribution in [3.63, 3.8) is 0 Å². The summed E-state index contributed by atoms with van der Waals surface area (Å²) in [5.74, 6) is -0.676. The predicted octanol–water partition coefficient (Wildman–Crippen LogP) is 2.53. The van der Waals surface area contributed by atoms with Crippen molar-refractivity contribution >= 4 is 23.5 Å². The number of hydrogen-bond donors (Lipinski definition) is 1. The van der Waals surface area contributed by atoms with Crippen LogP contribution in [0.25, 0.3) is 0 Å². The molecule has 138 valence electrons. The summed E-state index contributed by atoms with van der Waals surface area (Å²) < 4.78 is 4.96. The van der Waals surface area contributed by atoms with Crippen molar-refractivity contribution in [2.24, 2.45) is 0 Å². The van der Waals surface area contributed by atoms with E-state index >= 15 is 0 Å². The molecule has 1 aromatic rings. The molecule has 0 aliphatic carbocycles. The van der Waals surface area contributed by atoms with Gasteiger partial charge in [-0.15, -0.1) is 13.2 Å². The van der Waals surface area contributed by atoms with Crippen LogP contribution in [0.4, 0.5) is 10.5 Å². The minimum absolute atomic E-state index is 0.296. The fourth-order valence-corrected chi connectivity index (χ4v) is 2.69. The number of nitrogens with zero attached hydrogens (tertiary/aromatic N) is 2. The number of carbonyl (C=O) groups is 3. The van der Waals surface area contributed by atoms with Crippen molar-refractivity contribution in [1.82, 2.24) is 9.80 Å². The van der Waals surface area contributed by atoms with E-state index in [1.165, 1.54) is 15.9 Å². The molecule has 0 aromatic heterocycles. The molecule has 0 radical (unpaired) electrons. The molecular formula is C19H23N3O4. The van der Waals surface area contributed by atoms with E-state index < -0.39 is 0 Å². The van der Waals surface area contributed by atoms with Crippen molar-refractivity contribution in [3.05, 3.63) is 54.6 Å². The zero-order valence-corrected chi connectivity index (χ0v) is 14.9. The summed E-state index contributed by atoms with van der Waals surface area (Å²) >= 11 is 0. The van der Waals surface area contributed by atoms with Crippen LogP contribution in [0, 0.1) is 0 Å². The number of benzene rings is 1. The second-order valence-electron chi connectivity index (χ2n) is 5.78. The van der Waals surface area contributed by atoms with Gasteiger partial charge in [0.2, 0.25) is 0 Å². The fraction of sp³-hybridized carbons (Fsp3) is 0.316. The predicted molar refractivity (Wildman–Crippen MR) is 99.3 cm³/mol. The first kappa shape index (κ1) is 19.4. The lowest BCUT2D eigenvalue weighted by molar-refractivity contribution is 0.0638. The van der Waals surface area contributed by atoms with Gasteiger partial charge in [-0.2, -0.15) is 0 Å². The van der Waals surface area contributed by atoms with Gasteiger partial charge in [-0.25, -0.2) is 4.79 Å². The average Bonchev–Trinajstić information content (AvgIpc) is 2.86. The lowest BCUT2D eigenvalue weighted by atomic mass is 10.1. The zero-order valence-electron chi connectivity index (χ0n) is 14.9. The van der Waals surface area contributed by atoms with Crippen LogP contribution in [0.15, 0.2) is 43.5 Å². The van der Waals surface area contributed by atoms with Gasteiger partial charge in [-0.1, -0.05) is 12.2 Å². The summed E-state index contributed by atoms with van der Waals surface area (Å²) in [5.41, 5.74) is 1.09. The Morgan fingerprint density at radius 1 is 1.19 bits per heavy atom. The molecule has 1 heterocycles. The van der Waals surface area contributed by atoms with Crippen LogP contribution in [0.5, 0.6) is 0 Å². The second-order valence-corrected chi connectivity index (χ2v) is 5.78. The summed E-state index contributed by atoms with van der Waals surface area (Å²) in [5, 5.41) is 2.73. The number of imide groups is 1. The molecule has 4 amide bonds. The molecule has 7 nitrogen and oxygen atoms in total. The van der Waals surface area contributed by atoms with Crippen molar-refractivity contribution in [2.75, 3.05) is 38.7 Å². The third-order valence-corrected chi connectivity index (χ3v) is 3.94. The van der Waals surface area contributed by atoms with Gasteiger partial charge in [0.15, 0.2) is 0 Å². The quantitative estimate of drug-likeness (QED) is 0.418. The van der Waals surface area contributed by atoms with Gasteiger partial charge in [0.1, 0.15) is 0 Å². The first-order valence-electron chi connectivity index (χ1n) is 8.30. The highest BCUT2D eigenvalue weighted by molar-refractivity contribution is 6.21. The van der Waals surface area contributed by atoms with E-state index in [0.29, 0.717) is 49.5 Å². The summed E-state index contributed by atoms with van der Waals surface area (Å²) in [6.07, 6.45) is 3.81. The lowest BCUT2D eigenvalue weighted by Crippen LogP contribution is -2.35. The average molecular weight is 357 g/mol. The van der Waals surface area contributed by atoms with Gasteiger partial charge in [0.05, 0.1) is 11.1 Å². The Hall–Kier alpha value is -2.93. The topological polar surface area (TPSA) is 79.0 Å². The van der Waals surface area contributed by atoms with E-state index in [1.807, 2.05) is 0 Å². The molecule has 1 aliphatic rings. The van der Waals surface area contributed by atoms with Gasteiger partial charge in [0, 0.05) is 39.0 Å². The standard InChI is InChI=1S/C19H23N3O4/c1-4-9-21(10-5-2)19(25)20-14-7-8-15-16(13-14)18(24)22(17(15)23)11-6-12-26-3/h4-5,7-8,13H,1-2,6,9-12H2,3H3,(H,20,25). The smallest absolute Gasteiger partial charge is 0.322 e. The maximum atomic E-state index is 12.5. The van der Waals surface area contributed by atoms with E-state index in [0.717, 1.165) is 0 Å². The minimum Gasteiger partial charge on any atom is -0.385 e. The first-order valence-corrected chi connectivity index (χ1v) is 8.30. The molecule has 1 aliphatic heterocycles. The Morgan fingerprint density at radius 3 is 2.46 bits per heavy atom. The Kier molecular flexibility index (Phi) is 6.68. The molecule has 0 atom stereocenters. The molecule has 0 saturated carbocycles. The van der Waals surface area contributed by atoms with Crippen molar-refractivity contribution in [3.8, 4) is 0 Å². The number of ether oxygens (including phenoxy) is 1. The van der Waals surface area contributed by atoms with Crippen LogP contribution in [0.3, 0.4) is 0 Å². The molecule has 7 heteroatoms. The highest BCUT2D eigenvalue weighted by Gasteiger charge is 2.35. The van der Waals surface area contributed by atoms with Gasteiger partial charge in [-0.05, 0) is 24.6 Å². The maximum absolute atomic E-state index is 12.5. The highest BCUT2D eigenvalue weighted by Crippen LogP contribution is 2.26. The highest BCUT2D eigenvalue weighted by atomic mass is 16.5. The Balaban J connectivity index is 2.13. The molecule has 26 heavy (non-hydrogen) atoms. The normalized spacial score (nSPS) is 12.7. The lowest BCUT2D eigenvalue weighted by Gasteiger charge is -2.20. The van der Waals surface area contributed by atoms with Crippen LogP contribution >= 0.6 is 0 Å². The molecule has 0 bridgehead atoms. The number of hydrogen-bond acceptors (Lipinski definition) is 4. The number of urea groups is 1. The second kappa shape index (κ2) is 8.96. The number of rotatable bonds is 9. The van der Waals surface area contributed by atoms with Crippen LogP contribution < -0.4 is 5.32 Å². The number of nitrogens with one attached hydrogen (secondary N) is 1. The van der Waals surface area contributed by atoms with Gasteiger partial charge in [-0.3, -0.25) is 14.5 Å². The molecule has 1 N–H and O–H groups in total. The van der Waals surface area contributed by atoms with E-state index in [9.17, 15) is 14.4 Å². The summed E-state index contributed by atoms with van der Waals surface area (Å²) in [6, 6.07) is 4.37. The van der Waals surface area contributed by atoms with Crippen molar-refractivity contribution in [2.45, 2.75) is 6.42 Å². The van der Waals surface area contributed by atoms with Crippen LogP contribution in [-0.4, -0.2) is 61.0 Å². The van der Waals surface area contributed by atoms with Crippen molar-refractivity contribution < 1.29 is 19.1 Å². The van der Waals surface area contributed by atoms with E-state index in [2.05, 4.69) is 18.5 Å². The van der Waals surface area contributed by atoms with E-state index in [4.69, 9.17) is 4.74 Å². The summed E-state index contributed by atoms with van der Waals surface area (Å²) in [4.78, 5) is 39.9. The van der Waals surface area contributed by atoms with Crippen LogP contribution in [0.2, 0.25) is 0 Å². The monoisotopic (exact) mass is 357 g/mol. The Labute approximate surface area is 152 Å². The molecular weight excluding hydrogens is 334 g/mol. The minimum atomic E-state index is -0.355. The SMILES string of the molecule is C=CCN(CC=C)C(=O)Nc1ccc2c(c1)C(=O)N(CCCOC)C2=O. The third kappa shape index (κ3) is 4.18. The number of anilines is 1. The van der Waals surface area contributed by atoms with E-state index in [1.54, 1.807) is 31.4 Å². The first-order chi connectivity index (χ1) is 12.5. The molecule has 1 aromatic carbocycles. The largest absolute Gasteiger partial charge is 0.385 e. The molecule has 0 fully saturated rings. The summed E-state index contributed by atoms with van der Waals surface area (Å²) in [7, 11) is 1.57. The fourth-order valence-electron chi connectivity index (χ4n) is 2.69. The van der Waals surface area contributed by atoms with Gasteiger partial charge < -0.3 is 15.0 Å². The molecule has 0 spiro atoms. The number of methoxy groups -OCH3 is 1. The third-order valence-electron chi connectivity index (χ3n) is 3.94. The van der Waals surface area contributed by atoms with Crippen molar-refractivity contribution in [1.29, 1.82) is 0 Å². The summed E-state index contributed by atoms with van der Waals surface area (Å²) in [6.45, 7) is 8.75. The van der Waals surface area contributed by atoms with E-state index in [-0.39, 0.29) is 17.8 Å². The maximum Gasteiger partial charge on any atom is 0.322 e. The Bertz CT molecular complexity index is 719. The van der Waals surface area contributed by atoms with Crippen LogP contribution in [-0.2, 0) is 4.74 Å².